The predicted octanol–water partition coefficient (Wildman–Crippen LogP) is 3.79. The van der Waals surface area contributed by atoms with Gasteiger partial charge in [0.05, 0.1) is 6.04 Å². The van der Waals surface area contributed by atoms with Gasteiger partial charge in [-0.3, -0.25) is 5.21 Å². The molecule has 0 radical (unpaired) electrons. The molecule has 5 nitrogen and oxygen atoms in total. The van der Waals surface area contributed by atoms with Gasteiger partial charge in [0.25, 0.3) is 0 Å². The highest BCUT2D eigenvalue weighted by molar-refractivity contribution is 5.71. The van der Waals surface area contributed by atoms with E-state index in [9.17, 15) is 14.4 Å². The molecule has 0 saturated heterocycles. The van der Waals surface area contributed by atoms with Crippen LogP contribution in [-0.4, -0.2) is 22.3 Å². The molecule has 0 aromatic heterocycles. The van der Waals surface area contributed by atoms with E-state index >= 15 is 0 Å². The third-order valence-corrected chi connectivity index (χ3v) is 3.10. The van der Waals surface area contributed by atoms with Crippen LogP contribution in [0, 0.1) is 5.82 Å². The van der Waals surface area contributed by atoms with Crippen molar-refractivity contribution in [1.82, 2.24) is 5.06 Å². The van der Waals surface area contributed by atoms with Gasteiger partial charge in [-0.05, 0) is 36.8 Å². The number of halogens is 1. The number of primary amides is 1. The molecule has 1 atom stereocenters. The number of nitrogens with zero attached hydrogens (tertiary/aromatic N) is 1. The number of hydrogen-bond acceptors (Lipinski definition) is 3. The highest BCUT2D eigenvalue weighted by Gasteiger charge is 2.11. The Balaban J connectivity index is 2.11. The van der Waals surface area contributed by atoms with E-state index in [-0.39, 0.29) is 5.75 Å². The summed E-state index contributed by atoms with van der Waals surface area (Å²) in [6.07, 6.45) is 3.30. The van der Waals surface area contributed by atoms with Crippen LogP contribution in [0.15, 0.2) is 54.6 Å². The van der Waals surface area contributed by atoms with Crippen molar-refractivity contribution in [3.8, 4) is 11.5 Å². The summed E-state index contributed by atoms with van der Waals surface area (Å²) < 4.78 is 19.1. The first kappa shape index (κ1) is 16.5. The van der Waals surface area contributed by atoms with Crippen LogP contribution in [0.1, 0.15) is 12.5 Å². The Bertz CT molecular complexity index is 718. The Hall–Kier alpha value is -2.86. The van der Waals surface area contributed by atoms with Crippen LogP contribution in [0.25, 0.3) is 6.08 Å². The fourth-order valence-corrected chi connectivity index (χ4v) is 1.87. The number of rotatable bonds is 5. The molecular formula is C17H17FN2O3. The van der Waals surface area contributed by atoms with E-state index in [1.54, 1.807) is 49.4 Å². The van der Waals surface area contributed by atoms with Crippen molar-refractivity contribution in [3.05, 3.63) is 66.0 Å². The number of hydrogen-bond donors (Lipinski definition) is 2. The van der Waals surface area contributed by atoms with E-state index in [1.165, 1.54) is 12.1 Å². The maximum Gasteiger partial charge on any atom is 0.339 e. The molecule has 0 aliphatic rings. The molecule has 2 aromatic carbocycles. The monoisotopic (exact) mass is 316 g/mol. The van der Waals surface area contributed by atoms with Crippen molar-refractivity contribution in [2.24, 2.45) is 5.73 Å². The summed E-state index contributed by atoms with van der Waals surface area (Å²) in [5.74, 6) is 0.164. The first-order chi connectivity index (χ1) is 11.0. The molecule has 0 heterocycles. The third kappa shape index (κ3) is 4.55. The lowest BCUT2D eigenvalue weighted by Gasteiger charge is -2.16. The second-order valence-electron chi connectivity index (χ2n) is 4.89. The van der Waals surface area contributed by atoms with Gasteiger partial charge in [-0.25, -0.2) is 9.18 Å². The van der Waals surface area contributed by atoms with Gasteiger partial charge in [0, 0.05) is 0 Å². The first-order valence-corrected chi connectivity index (χ1v) is 6.95. The van der Waals surface area contributed by atoms with Gasteiger partial charge in [0.1, 0.15) is 5.75 Å². The number of urea groups is 1. The van der Waals surface area contributed by atoms with Crippen LogP contribution in [0.5, 0.6) is 11.5 Å². The van der Waals surface area contributed by atoms with Gasteiger partial charge in [0.2, 0.25) is 0 Å². The lowest BCUT2D eigenvalue weighted by molar-refractivity contribution is -0.0560. The van der Waals surface area contributed by atoms with E-state index in [4.69, 9.17) is 10.5 Å². The average molecular weight is 316 g/mol. The van der Waals surface area contributed by atoms with E-state index in [1.807, 2.05) is 6.07 Å². The number of amides is 2. The number of benzene rings is 2. The Morgan fingerprint density at radius 1 is 1.30 bits per heavy atom. The number of hydroxylamine groups is 2. The van der Waals surface area contributed by atoms with E-state index in [0.717, 1.165) is 5.56 Å². The molecule has 2 rings (SSSR count). The summed E-state index contributed by atoms with van der Waals surface area (Å²) >= 11 is 0. The Morgan fingerprint density at radius 3 is 2.74 bits per heavy atom. The fourth-order valence-electron chi connectivity index (χ4n) is 1.87. The summed E-state index contributed by atoms with van der Waals surface area (Å²) in [5.41, 5.74) is 5.74. The minimum Gasteiger partial charge on any atom is -0.454 e. The summed E-state index contributed by atoms with van der Waals surface area (Å²) in [4.78, 5) is 10.9. The van der Waals surface area contributed by atoms with Gasteiger partial charge in [-0.15, -0.1) is 0 Å². The molecule has 0 aliphatic heterocycles. The van der Waals surface area contributed by atoms with Gasteiger partial charge in [-0.2, -0.15) is 5.06 Å². The quantitative estimate of drug-likeness (QED) is 0.651. The normalized spacial score (nSPS) is 12.1. The number of nitrogens with two attached hydrogens (primary N) is 1. The average Bonchev–Trinajstić information content (AvgIpc) is 2.54. The largest absolute Gasteiger partial charge is 0.454 e. The zero-order chi connectivity index (χ0) is 16.8. The lowest BCUT2D eigenvalue weighted by Crippen LogP contribution is -2.38. The number of carbonyl (C=O) groups excluding carboxylic acids is 1. The standard InChI is InChI=1S/C17H17FN2O3/c1-12(20(22)17(19)21)9-10-13-5-4-6-14(11-13)23-16-8-3-2-7-15(16)18/h2-12,22H,1H3,(H2,19,21). The van der Waals surface area contributed by atoms with Crippen molar-refractivity contribution in [1.29, 1.82) is 0 Å². The number of para-hydroxylation sites is 1. The molecular weight excluding hydrogens is 299 g/mol. The Labute approximate surface area is 133 Å². The topological polar surface area (TPSA) is 75.8 Å². The molecule has 120 valence electrons. The van der Waals surface area contributed by atoms with E-state index in [0.29, 0.717) is 10.8 Å². The number of ether oxygens (including phenoxy) is 1. The second kappa shape index (κ2) is 7.42. The van der Waals surface area contributed by atoms with Crippen molar-refractivity contribution >= 4 is 12.1 Å². The van der Waals surface area contributed by atoms with Crippen LogP contribution in [0.2, 0.25) is 0 Å². The summed E-state index contributed by atoms with van der Waals surface area (Å²) in [6, 6.07) is 11.6. The summed E-state index contributed by atoms with van der Waals surface area (Å²) in [5, 5.41) is 9.82. The summed E-state index contributed by atoms with van der Waals surface area (Å²) in [6.45, 7) is 1.61. The van der Waals surface area contributed by atoms with Gasteiger partial charge < -0.3 is 10.5 Å². The molecule has 2 aromatic rings. The molecule has 3 N–H and O–H groups in total. The molecule has 2 amide bonds. The fraction of sp³-hybridized carbons (Fsp3) is 0.118. The van der Waals surface area contributed by atoms with E-state index < -0.39 is 17.9 Å². The molecule has 23 heavy (non-hydrogen) atoms. The van der Waals surface area contributed by atoms with Crippen LogP contribution >= 0.6 is 0 Å². The Morgan fingerprint density at radius 2 is 2.04 bits per heavy atom. The lowest BCUT2D eigenvalue weighted by atomic mass is 10.1. The third-order valence-electron chi connectivity index (χ3n) is 3.10. The minimum absolute atomic E-state index is 0.136. The maximum atomic E-state index is 13.6. The van der Waals surface area contributed by atoms with Crippen molar-refractivity contribution in [3.63, 3.8) is 0 Å². The van der Waals surface area contributed by atoms with Crippen LogP contribution < -0.4 is 10.5 Å². The maximum absolute atomic E-state index is 13.6. The van der Waals surface area contributed by atoms with Crippen molar-refractivity contribution in [2.75, 3.05) is 0 Å². The van der Waals surface area contributed by atoms with Gasteiger partial charge in [0.15, 0.2) is 11.6 Å². The zero-order valence-corrected chi connectivity index (χ0v) is 12.5. The van der Waals surface area contributed by atoms with Crippen LogP contribution in [0.3, 0.4) is 0 Å². The molecule has 0 fully saturated rings. The minimum atomic E-state index is -0.932. The zero-order valence-electron chi connectivity index (χ0n) is 12.5. The molecule has 6 heteroatoms. The summed E-state index contributed by atoms with van der Waals surface area (Å²) in [7, 11) is 0. The van der Waals surface area contributed by atoms with Crippen molar-refractivity contribution in [2.45, 2.75) is 13.0 Å². The number of carbonyl (C=O) groups is 1. The predicted molar refractivity (Wildman–Crippen MR) is 84.6 cm³/mol. The molecule has 0 bridgehead atoms. The molecule has 1 unspecified atom stereocenters. The van der Waals surface area contributed by atoms with Crippen molar-refractivity contribution < 1.29 is 19.1 Å². The Kier molecular flexibility index (Phi) is 5.32. The molecule has 0 aliphatic carbocycles. The molecule has 0 saturated carbocycles. The van der Waals surface area contributed by atoms with Crippen LogP contribution in [-0.2, 0) is 0 Å². The highest BCUT2D eigenvalue weighted by atomic mass is 19.1. The second-order valence-corrected chi connectivity index (χ2v) is 4.89. The smallest absolute Gasteiger partial charge is 0.339 e. The van der Waals surface area contributed by atoms with Gasteiger partial charge in [-0.1, -0.05) is 36.4 Å². The van der Waals surface area contributed by atoms with E-state index in [2.05, 4.69) is 0 Å². The first-order valence-electron chi connectivity index (χ1n) is 6.95. The molecule has 0 spiro atoms. The highest BCUT2D eigenvalue weighted by Crippen LogP contribution is 2.25. The van der Waals surface area contributed by atoms with Gasteiger partial charge >= 0.3 is 6.03 Å². The van der Waals surface area contributed by atoms with Crippen LogP contribution in [0.4, 0.5) is 9.18 Å². The SMILES string of the molecule is CC(C=Cc1cccc(Oc2ccccc2F)c1)N(O)C(N)=O.